The molecule has 0 amide bonds. The molecule has 0 bridgehead atoms. The lowest BCUT2D eigenvalue weighted by Gasteiger charge is -2.11. The number of hydrogen-bond donors (Lipinski definition) is 0. The number of ether oxygens (including phenoxy) is 1. The van der Waals surface area contributed by atoms with Crippen molar-refractivity contribution in [3.63, 3.8) is 0 Å². The fourth-order valence-corrected chi connectivity index (χ4v) is 1.29. The third-order valence-corrected chi connectivity index (χ3v) is 2.13. The molecule has 2 heteroatoms. The maximum Gasteiger partial charge on any atom is 0.0950 e. The van der Waals surface area contributed by atoms with Gasteiger partial charge in [0.1, 0.15) is 0 Å². The van der Waals surface area contributed by atoms with Crippen LogP contribution in [0.1, 0.15) is 13.8 Å². The Morgan fingerprint density at radius 1 is 1.56 bits per heavy atom. The van der Waals surface area contributed by atoms with Crippen molar-refractivity contribution in [2.45, 2.75) is 20.0 Å². The average Bonchev–Trinajstić information content (AvgIpc) is 2.12. The molecule has 3 unspecified atom stereocenters. The summed E-state index contributed by atoms with van der Waals surface area (Å²) in [4.78, 5) is 0. The molecule has 1 saturated heterocycles. The second-order valence-electron chi connectivity index (χ2n) is 2.83. The topological polar surface area (TPSA) is 9.23 Å². The van der Waals surface area contributed by atoms with Gasteiger partial charge in [-0.2, -0.15) is 0 Å². The summed E-state index contributed by atoms with van der Waals surface area (Å²) in [5, 5.41) is 0. The molecule has 1 heterocycles. The van der Waals surface area contributed by atoms with Crippen LogP contribution in [0.2, 0.25) is 0 Å². The zero-order valence-corrected chi connectivity index (χ0v) is 5.93. The Morgan fingerprint density at radius 3 is 2.44 bits per heavy atom. The van der Waals surface area contributed by atoms with E-state index in [2.05, 4.69) is 0 Å². The minimum atomic E-state index is -0.234. The SMILES string of the molecule is CC1COC(C)C1CF. The van der Waals surface area contributed by atoms with Crippen LogP contribution in [0.3, 0.4) is 0 Å². The van der Waals surface area contributed by atoms with E-state index in [9.17, 15) is 4.39 Å². The van der Waals surface area contributed by atoms with Crippen molar-refractivity contribution in [1.82, 2.24) is 0 Å². The Kier molecular flexibility index (Phi) is 2.06. The second-order valence-corrected chi connectivity index (χ2v) is 2.83. The molecule has 1 aliphatic rings. The lowest BCUT2D eigenvalue weighted by atomic mass is 9.95. The van der Waals surface area contributed by atoms with Gasteiger partial charge in [0, 0.05) is 12.5 Å². The third-order valence-electron chi connectivity index (χ3n) is 2.13. The van der Waals surface area contributed by atoms with E-state index < -0.39 is 0 Å². The van der Waals surface area contributed by atoms with E-state index in [0.717, 1.165) is 6.61 Å². The molecule has 1 aliphatic heterocycles. The Labute approximate surface area is 55.2 Å². The summed E-state index contributed by atoms with van der Waals surface area (Å²) in [7, 11) is 0. The quantitative estimate of drug-likeness (QED) is 0.527. The second kappa shape index (κ2) is 2.65. The number of rotatable bonds is 1. The normalized spacial score (nSPS) is 43.7. The Morgan fingerprint density at radius 2 is 2.22 bits per heavy atom. The third kappa shape index (κ3) is 1.23. The monoisotopic (exact) mass is 132 g/mol. The summed E-state index contributed by atoms with van der Waals surface area (Å²) in [6.07, 6.45) is 0.130. The van der Waals surface area contributed by atoms with Gasteiger partial charge >= 0.3 is 0 Å². The fourth-order valence-electron chi connectivity index (χ4n) is 1.29. The van der Waals surface area contributed by atoms with Crippen LogP contribution >= 0.6 is 0 Å². The Bertz CT molecular complexity index is 84.9. The molecule has 3 atom stereocenters. The number of halogens is 1. The van der Waals surface area contributed by atoms with Gasteiger partial charge in [-0.15, -0.1) is 0 Å². The first-order valence-corrected chi connectivity index (χ1v) is 3.43. The zero-order chi connectivity index (χ0) is 6.85. The number of alkyl halides is 1. The van der Waals surface area contributed by atoms with Crippen LogP contribution in [-0.4, -0.2) is 19.4 Å². The van der Waals surface area contributed by atoms with Crippen LogP contribution < -0.4 is 0 Å². The van der Waals surface area contributed by atoms with Crippen molar-refractivity contribution < 1.29 is 9.13 Å². The molecule has 1 nitrogen and oxygen atoms in total. The summed E-state index contributed by atoms with van der Waals surface area (Å²) in [6.45, 7) is 4.47. The van der Waals surface area contributed by atoms with E-state index >= 15 is 0 Å². The number of hydrogen-bond acceptors (Lipinski definition) is 1. The van der Waals surface area contributed by atoms with E-state index in [1.807, 2.05) is 13.8 Å². The highest BCUT2D eigenvalue weighted by atomic mass is 19.1. The molecule has 0 aliphatic carbocycles. The van der Waals surface area contributed by atoms with Crippen molar-refractivity contribution in [3.05, 3.63) is 0 Å². The summed E-state index contributed by atoms with van der Waals surface area (Å²) in [6, 6.07) is 0. The van der Waals surface area contributed by atoms with Crippen molar-refractivity contribution in [2.75, 3.05) is 13.3 Å². The molecule has 0 aromatic rings. The van der Waals surface area contributed by atoms with Crippen LogP contribution in [0.25, 0.3) is 0 Å². The van der Waals surface area contributed by atoms with Gasteiger partial charge < -0.3 is 4.74 Å². The Balaban J connectivity index is 2.44. The molecule has 1 fully saturated rings. The van der Waals surface area contributed by atoms with Gasteiger partial charge in [-0.25, -0.2) is 0 Å². The van der Waals surface area contributed by atoms with Crippen LogP contribution in [0, 0.1) is 11.8 Å². The molecule has 9 heavy (non-hydrogen) atoms. The zero-order valence-electron chi connectivity index (χ0n) is 5.93. The van der Waals surface area contributed by atoms with Crippen LogP contribution in [-0.2, 0) is 4.74 Å². The van der Waals surface area contributed by atoms with E-state index in [0.29, 0.717) is 5.92 Å². The van der Waals surface area contributed by atoms with E-state index in [4.69, 9.17) is 4.74 Å². The minimum Gasteiger partial charge on any atom is -0.378 e. The van der Waals surface area contributed by atoms with Gasteiger partial charge in [0.2, 0.25) is 0 Å². The van der Waals surface area contributed by atoms with Gasteiger partial charge in [-0.3, -0.25) is 4.39 Å². The first-order valence-electron chi connectivity index (χ1n) is 3.43. The van der Waals surface area contributed by atoms with Crippen molar-refractivity contribution >= 4 is 0 Å². The summed E-state index contributed by atoms with van der Waals surface area (Å²) in [5.74, 6) is 0.551. The first-order chi connectivity index (χ1) is 4.25. The fraction of sp³-hybridized carbons (Fsp3) is 1.00. The predicted octanol–water partition coefficient (Wildman–Crippen LogP) is 1.63. The van der Waals surface area contributed by atoms with Gasteiger partial charge in [0.05, 0.1) is 12.8 Å². The molecular formula is C7H13FO. The smallest absolute Gasteiger partial charge is 0.0950 e. The lowest BCUT2D eigenvalue weighted by Crippen LogP contribution is -2.17. The molecule has 0 N–H and O–H groups in total. The first kappa shape index (κ1) is 7.00. The van der Waals surface area contributed by atoms with E-state index in [1.54, 1.807) is 0 Å². The molecule has 0 aromatic heterocycles. The van der Waals surface area contributed by atoms with Crippen molar-refractivity contribution in [1.29, 1.82) is 0 Å². The molecule has 0 radical (unpaired) electrons. The van der Waals surface area contributed by atoms with Crippen LogP contribution in [0.5, 0.6) is 0 Å². The molecule has 0 aromatic carbocycles. The summed E-state index contributed by atoms with van der Waals surface area (Å²) < 4.78 is 17.3. The largest absolute Gasteiger partial charge is 0.378 e. The van der Waals surface area contributed by atoms with Crippen molar-refractivity contribution in [2.24, 2.45) is 11.8 Å². The highest BCUT2D eigenvalue weighted by Gasteiger charge is 2.30. The molecule has 1 rings (SSSR count). The lowest BCUT2D eigenvalue weighted by molar-refractivity contribution is 0.0988. The standard InChI is InChI=1S/C7H13FO/c1-5-4-9-6(2)7(5)3-8/h5-7H,3-4H2,1-2H3. The van der Waals surface area contributed by atoms with Crippen LogP contribution in [0.4, 0.5) is 4.39 Å². The molecular weight excluding hydrogens is 119 g/mol. The van der Waals surface area contributed by atoms with E-state index in [1.165, 1.54) is 0 Å². The van der Waals surface area contributed by atoms with Gasteiger partial charge in [-0.05, 0) is 12.8 Å². The molecule has 0 saturated carbocycles. The van der Waals surface area contributed by atoms with Gasteiger partial charge in [0.25, 0.3) is 0 Å². The highest BCUT2D eigenvalue weighted by Crippen LogP contribution is 2.26. The van der Waals surface area contributed by atoms with Crippen molar-refractivity contribution in [3.8, 4) is 0 Å². The summed E-state index contributed by atoms with van der Waals surface area (Å²) in [5.41, 5.74) is 0. The average molecular weight is 132 g/mol. The molecule has 0 spiro atoms. The van der Waals surface area contributed by atoms with E-state index in [-0.39, 0.29) is 18.7 Å². The molecule has 54 valence electrons. The minimum absolute atomic E-state index is 0.130. The Hall–Kier alpha value is -0.110. The predicted molar refractivity (Wildman–Crippen MR) is 34.0 cm³/mol. The maximum absolute atomic E-state index is 12.1. The highest BCUT2D eigenvalue weighted by molar-refractivity contribution is 4.77. The maximum atomic E-state index is 12.1. The van der Waals surface area contributed by atoms with Gasteiger partial charge in [-0.1, -0.05) is 6.92 Å². The van der Waals surface area contributed by atoms with Crippen LogP contribution in [0.15, 0.2) is 0 Å². The van der Waals surface area contributed by atoms with Gasteiger partial charge in [0.15, 0.2) is 0 Å². The summed E-state index contributed by atoms with van der Waals surface area (Å²) >= 11 is 0.